The Balaban J connectivity index is 1.55. The molecule has 1 fully saturated rings. The molecule has 26 heavy (non-hydrogen) atoms. The van der Waals surface area contributed by atoms with Gasteiger partial charge in [-0.05, 0) is 43.5 Å². The molecule has 1 saturated heterocycles. The normalized spacial score (nSPS) is 17.2. The predicted molar refractivity (Wildman–Crippen MR) is 106 cm³/mol. The third-order valence-corrected chi connectivity index (χ3v) is 5.15. The first kappa shape index (κ1) is 18.4. The van der Waals surface area contributed by atoms with E-state index in [1.807, 2.05) is 42.5 Å². The average molecular weight is 349 g/mol. The van der Waals surface area contributed by atoms with Crippen LogP contribution in [0.15, 0.2) is 66.7 Å². The standard InChI is InChI=1S/C23H27NO2/c1-18(10-15-23(25)20-7-4-3-5-8-20)22-9-6-16-24(22)17-19-11-13-21(26-2)14-12-19/h3-5,7-8,11-14,22H,1,6,9-10,15-17H2,2H3. The van der Waals surface area contributed by atoms with Gasteiger partial charge in [-0.3, -0.25) is 9.69 Å². The number of ether oxygens (including phenoxy) is 1. The van der Waals surface area contributed by atoms with Gasteiger partial charge in [0.15, 0.2) is 5.78 Å². The topological polar surface area (TPSA) is 29.5 Å². The Kier molecular flexibility index (Phi) is 6.24. The third kappa shape index (κ3) is 4.61. The van der Waals surface area contributed by atoms with Gasteiger partial charge in [0.05, 0.1) is 7.11 Å². The largest absolute Gasteiger partial charge is 0.497 e. The minimum Gasteiger partial charge on any atom is -0.497 e. The zero-order valence-electron chi connectivity index (χ0n) is 15.5. The number of carbonyl (C=O) groups excluding carboxylic acids is 1. The van der Waals surface area contributed by atoms with E-state index in [1.54, 1.807) is 7.11 Å². The zero-order chi connectivity index (χ0) is 18.4. The van der Waals surface area contributed by atoms with Crippen LogP contribution in [-0.2, 0) is 6.54 Å². The fourth-order valence-electron chi connectivity index (χ4n) is 3.65. The smallest absolute Gasteiger partial charge is 0.163 e. The molecular formula is C23H27NO2. The molecule has 0 N–H and O–H groups in total. The lowest BCUT2D eigenvalue weighted by Gasteiger charge is -2.26. The highest BCUT2D eigenvalue weighted by Crippen LogP contribution is 2.28. The van der Waals surface area contributed by atoms with Crippen molar-refractivity contribution >= 4 is 5.78 Å². The maximum absolute atomic E-state index is 12.3. The second-order valence-electron chi connectivity index (χ2n) is 6.92. The van der Waals surface area contributed by atoms with Gasteiger partial charge in [-0.2, -0.15) is 0 Å². The Bertz CT molecular complexity index is 737. The monoisotopic (exact) mass is 349 g/mol. The predicted octanol–water partition coefficient (Wildman–Crippen LogP) is 4.88. The number of ketones is 1. The number of Topliss-reactive ketones (excluding diaryl/α,β-unsaturated/α-hetero) is 1. The first-order valence-corrected chi connectivity index (χ1v) is 9.30. The number of nitrogens with zero attached hydrogens (tertiary/aromatic N) is 1. The first-order valence-electron chi connectivity index (χ1n) is 9.30. The molecule has 3 heteroatoms. The van der Waals surface area contributed by atoms with Gasteiger partial charge in [-0.25, -0.2) is 0 Å². The molecule has 0 amide bonds. The molecule has 0 aliphatic carbocycles. The van der Waals surface area contributed by atoms with Crippen molar-refractivity contribution in [3.8, 4) is 5.75 Å². The molecule has 2 aromatic rings. The fourth-order valence-corrected chi connectivity index (χ4v) is 3.65. The number of carbonyl (C=O) groups is 1. The Labute approximate surface area is 156 Å². The number of benzene rings is 2. The van der Waals surface area contributed by atoms with Crippen LogP contribution in [0.5, 0.6) is 5.75 Å². The van der Waals surface area contributed by atoms with Crippen LogP contribution in [0.25, 0.3) is 0 Å². The lowest BCUT2D eigenvalue weighted by Crippen LogP contribution is -2.30. The fraction of sp³-hybridized carbons (Fsp3) is 0.348. The number of hydrogen-bond donors (Lipinski definition) is 0. The number of hydrogen-bond acceptors (Lipinski definition) is 3. The Morgan fingerprint density at radius 1 is 1.12 bits per heavy atom. The molecule has 3 rings (SSSR count). The minimum absolute atomic E-state index is 0.200. The van der Waals surface area contributed by atoms with E-state index < -0.39 is 0 Å². The molecule has 1 aliphatic rings. The molecule has 0 spiro atoms. The summed E-state index contributed by atoms with van der Waals surface area (Å²) in [7, 11) is 1.69. The highest BCUT2D eigenvalue weighted by molar-refractivity contribution is 5.96. The second kappa shape index (κ2) is 8.81. The first-order chi connectivity index (χ1) is 12.7. The Hall–Kier alpha value is -2.39. The molecule has 0 radical (unpaired) electrons. The average Bonchev–Trinajstić information content (AvgIpc) is 3.15. The molecule has 0 saturated carbocycles. The highest BCUT2D eigenvalue weighted by Gasteiger charge is 2.26. The molecule has 1 aliphatic heterocycles. The van der Waals surface area contributed by atoms with Crippen molar-refractivity contribution in [2.24, 2.45) is 0 Å². The van der Waals surface area contributed by atoms with Crippen LogP contribution in [-0.4, -0.2) is 30.4 Å². The van der Waals surface area contributed by atoms with E-state index in [0.717, 1.165) is 37.2 Å². The summed E-state index contributed by atoms with van der Waals surface area (Å²) >= 11 is 0. The van der Waals surface area contributed by atoms with Crippen molar-refractivity contribution in [2.75, 3.05) is 13.7 Å². The van der Waals surface area contributed by atoms with E-state index in [0.29, 0.717) is 12.5 Å². The Morgan fingerprint density at radius 2 is 1.85 bits per heavy atom. The summed E-state index contributed by atoms with van der Waals surface area (Å²) in [6.45, 7) is 6.31. The second-order valence-corrected chi connectivity index (χ2v) is 6.92. The van der Waals surface area contributed by atoms with Crippen molar-refractivity contribution in [3.05, 3.63) is 77.9 Å². The van der Waals surface area contributed by atoms with E-state index >= 15 is 0 Å². The van der Waals surface area contributed by atoms with Gasteiger partial charge in [0.25, 0.3) is 0 Å². The molecule has 0 aromatic heterocycles. The van der Waals surface area contributed by atoms with Gasteiger partial charge < -0.3 is 4.74 Å². The SMILES string of the molecule is C=C(CCC(=O)c1ccccc1)C1CCCN1Cc1ccc(OC)cc1. The molecule has 2 aromatic carbocycles. The summed E-state index contributed by atoms with van der Waals surface area (Å²) in [5, 5.41) is 0. The van der Waals surface area contributed by atoms with Crippen molar-refractivity contribution < 1.29 is 9.53 Å². The van der Waals surface area contributed by atoms with Crippen LogP contribution in [0.4, 0.5) is 0 Å². The zero-order valence-corrected chi connectivity index (χ0v) is 15.5. The van der Waals surface area contributed by atoms with Crippen LogP contribution in [0.2, 0.25) is 0 Å². The lowest BCUT2D eigenvalue weighted by molar-refractivity contribution is 0.0981. The van der Waals surface area contributed by atoms with Crippen LogP contribution < -0.4 is 4.74 Å². The van der Waals surface area contributed by atoms with E-state index in [2.05, 4.69) is 23.6 Å². The molecule has 3 nitrogen and oxygen atoms in total. The van der Waals surface area contributed by atoms with Gasteiger partial charge in [-0.15, -0.1) is 0 Å². The summed E-state index contributed by atoms with van der Waals surface area (Å²) < 4.78 is 5.23. The minimum atomic E-state index is 0.200. The summed E-state index contributed by atoms with van der Waals surface area (Å²) in [5.74, 6) is 1.09. The maximum Gasteiger partial charge on any atom is 0.163 e. The molecule has 136 valence electrons. The van der Waals surface area contributed by atoms with Gasteiger partial charge >= 0.3 is 0 Å². The van der Waals surface area contributed by atoms with E-state index in [9.17, 15) is 4.79 Å². The van der Waals surface area contributed by atoms with Gasteiger partial charge in [0.2, 0.25) is 0 Å². The Morgan fingerprint density at radius 3 is 2.54 bits per heavy atom. The van der Waals surface area contributed by atoms with E-state index in [1.165, 1.54) is 17.6 Å². The number of methoxy groups -OCH3 is 1. The molecule has 0 bridgehead atoms. The highest BCUT2D eigenvalue weighted by atomic mass is 16.5. The third-order valence-electron chi connectivity index (χ3n) is 5.15. The van der Waals surface area contributed by atoms with E-state index in [4.69, 9.17) is 4.74 Å². The van der Waals surface area contributed by atoms with Gasteiger partial charge in [0.1, 0.15) is 5.75 Å². The van der Waals surface area contributed by atoms with Crippen molar-refractivity contribution in [1.82, 2.24) is 4.90 Å². The summed E-state index contributed by atoms with van der Waals surface area (Å²) in [6, 6.07) is 18.2. The van der Waals surface area contributed by atoms with Gasteiger partial charge in [0, 0.05) is 24.6 Å². The van der Waals surface area contributed by atoms with Crippen molar-refractivity contribution in [1.29, 1.82) is 0 Å². The van der Waals surface area contributed by atoms with Crippen LogP contribution >= 0.6 is 0 Å². The molecule has 1 atom stereocenters. The quantitative estimate of drug-likeness (QED) is 0.502. The molecular weight excluding hydrogens is 322 g/mol. The van der Waals surface area contributed by atoms with Crippen LogP contribution in [0, 0.1) is 0 Å². The summed E-state index contributed by atoms with van der Waals surface area (Å²) in [4.78, 5) is 14.8. The van der Waals surface area contributed by atoms with Crippen molar-refractivity contribution in [3.63, 3.8) is 0 Å². The summed E-state index contributed by atoms with van der Waals surface area (Å²) in [6.07, 6.45) is 3.62. The van der Waals surface area contributed by atoms with Gasteiger partial charge in [-0.1, -0.05) is 54.6 Å². The van der Waals surface area contributed by atoms with Crippen LogP contribution in [0.1, 0.15) is 41.6 Å². The number of rotatable bonds is 8. The maximum atomic E-state index is 12.3. The summed E-state index contributed by atoms with van der Waals surface area (Å²) in [5.41, 5.74) is 3.26. The molecule has 1 heterocycles. The van der Waals surface area contributed by atoms with E-state index in [-0.39, 0.29) is 5.78 Å². The van der Waals surface area contributed by atoms with Crippen molar-refractivity contribution in [2.45, 2.75) is 38.3 Å². The number of likely N-dealkylation sites (tertiary alicyclic amines) is 1. The van der Waals surface area contributed by atoms with Crippen LogP contribution in [0.3, 0.4) is 0 Å². The lowest BCUT2D eigenvalue weighted by atomic mass is 9.97. The molecule has 1 unspecified atom stereocenters.